The Balaban J connectivity index is 1.93. The second-order valence-electron chi connectivity index (χ2n) is 4.29. The summed E-state index contributed by atoms with van der Waals surface area (Å²) in [5, 5.41) is 0. The molecule has 0 aromatic heterocycles. The van der Waals surface area contributed by atoms with Crippen molar-refractivity contribution in [1.29, 1.82) is 0 Å². The monoisotopic (exact) mass is 240 g/mol. The highest BCUT2D eigenvalue weighted by atomic mass is 19.2. The molecule has 0 saturated heterocycles. The van der Waals surface area contributed by atoms with E-state index in [2.05, 4.69) is 0 Å². The first-order chi connectivity index (χ1) is 8.18. The zero-order chi connectivity index (χ0) is 12.3. The number of ketones is 1. The Morgan fingerprint density at radius 1 is 1.29 bits per heavy atom. The van der Waals surface area contributed by atoms with Gasteiger partial charge in [0.15, 0.2) is 17.3 Å². The van der Waals surface area contributed by atoms with Gasteiger partial charge in [0.05, 0.1) is 0 Å². The molecule has 1 saturated carbocycles. The number of rotatable bonds is 4. The van der Waals surface area contributed by atoms with Gasteiger partial charge in [-0.15, -0.1) is 0 Å². The van der Waals surface area contributed by atoms with Crippen molar-refractivity contribution in [2.45, 2.75) is 25.7 Å². The van der Waals surface area contributed by atoms with Crippen molar-refractivity contribution < 1.29 is 18.3 Å². The second kappa shape index (κ2) is 5.25. The molecule has 4 heteroatoms. The van der Waals surface area contributed by atoms with E-state index in [4.69, 9.17) is 4.74 Å². The third kappa shape index (κ3) is 2.81. The molecule has 17 heavy (non-hydrogen) atoms. The summed E-state index contributed by atoms with van der Waals surface area (Å²) in [6, 6.07) is 3.69. The van der Waals surface area contributed by atoms with E-state index in [0.717, 1.165) is 31.7 Å². The van der Waals surface area contributed by atoms with E-state index in [0.29, 0.717) is 0 Å². The Morgan fingerprint density at radius 3 is 2.71 bits per heavy atom. The first-order valence-corrected chi connectivity index (χ1v) is 5.78. The van der Waals surface area contributed by atoms with Gasteiger partial charge in [0.25, 0.3) is 0 Å². The minimum atomic E-state index is -1.04. The molecule has 0 atom stereocenters. The molecular formula is C13H14F2O2. The van der Waals surface area contributed by atoms with Crippen molar-refractivity contribution in [3.05, 3.63) is 29.8 Å². The summed E-state index contributed by atoms with van der Waals surface area (Å²) in [6.45, 7) is -0.176. The lowest BCUT2D eigenvalue weighted by Crippen LogP contribution is -2.19. The largest absolute Gasteiger partial charge is 0.483 e. The molecule has 1 aliphatic carbocycles. The molecule has 92 valence electrons. The van der Waals surface area contributed by atoms with E-state index < -0.39 is 11.6 Å². The third-order valence-electron chi connectivity index (χ3n) is 3.10. The number of benzene rings is 1. The second-order valence-corrected chi connectivity index (χ2v) is 4.29. The number of ether oxygens (including phenoxy) is 1. The predicted octanol–water partition coefficient (Wildman–Crippen LogP) is 3.10. The van der Waals surface area contributed by atoms with Crippen molar-refractivity contribution >= 4 is 5.78 Å². The number of carbonyl (C=O) groups excluding carboxylic acids is 1. The molecule has 0 unspecified atom stereocenters. The molecule has 1 fully saturated rings. The summed E-state index contributed by atoms with van der Waals surface area (Å²) >= 11 is 0. The number of hydrogen-bond acceptors (Lipinski definition) is 2. The van der Waals surface area contributed by atoms with E-state index in [-0.39, 0.29) is 24.1 Å². The molecule has 2 nitrogen and oxygen atoms in total. The molecule has 0 amide bonds. The lowest BCUT2D eigenvalue weighted by Gasteiger charge is -2.10. The minimum Gasteiger partial charge on any atom is -0.483 e. The average Bonchev–Trinajstić information content (AvgIpc) is 2.84. The van der Waals surface area contributed by atoms with Crippen molar-refractivity contribution in [2.75, 3.05) is 6.61 Å². The summed E-state index contributed by atoms with van der Waals surface area (Å²) in [6.07, 6.45) is 3.89. The van der Waals surface area contributed by atoms with Crippen LogP contribution in [0.3, 0.4) is 0 Å². The van der Waals surface area contributed by atoms with Gasteiger partial charge in [0.1, 0.15) is 6.61 Å². The summed E-state index contributed by atoms with van der Waals surface area (Å²) < 4.78 is 31.1. The van der Waals surface area contributed by atoms with Crippen molar-refractivity contribution in [1.82, 2.24) is 0 Å². The molecule has 0 spiro atoms. The van der Waals surface area contributed by atoms with Gasteiger partial charge in [-0.25, -0.2) is 4.39 Å². The van der Waals surface area contributed by atoms with Crippen LogP contribution >= 0.6 is 0 Å². The fraction of sp³-hybridized carbons (Fsp3) is 0.462. The Hall–Kier alpha value is -1.45. The van der Waals surface area contributed by atoms with Gasteiger partial charge in [-0.05, 0) is 25.0 Å². The fourth-order valence-corrected chi connectivity index (χ4v) is 2.11. The van der Waals surface area contributed by atoms with E-state index in [1.807, 2.05) is 0 Å². The van der Waals surface area contributed by atoms with Crippen LogP contribution in [0.4, 0.5) is 8.78 Å². The van der Waals surface area contributed by atoms with Crippen LogP contribution in [0.15, 0.2) is 18.2 Å². The molecule has 1 aliphatic rings. The minimum absolute atomic E-state index is 0.0221. The van der Waals surface area contributed by atoms with Crippen LogP contribution in [0, 0.1) is 17.6 Å². The van der Waals surface area contributed by atoms with E-state index >= 15 is 0 Å². The summed E-state index contributed by atoms with van der Waals surface area (Å²) in [7, 11) is 0. The van der Waals surface area contributed by atoms with Gasteiger partial charge in [0, 0.05) is 5.92 Å². The molecule has 0 aliphatic heterocycles. The molecule has 0 heterocycles. The number of Topliss-reactive ketones (excluding diaryl/α,β-unsaturated/α-hetero) is 1. The third-order valence-corrected chi connectivity index (χ3v) is 3.10. The van der Waals surface area contributed by atoms with Crippen LogP contribution in [-0.2, 0) is 4.79 Å². The van der Waals surface area contributed by atoms with Crippen LogP contribution in [0.1, 0.15) is 25.7 Å². The maximum atomic E-state index is 13.2. The number of halogens is 2. The Bertz CT molecular complexity index is 412. The maximum Gasteiger partial charge on any atom is 0.200 e. The lowest BCUT2D eigenvalue weighted by molar-refractivity contribution is -0.124. The number of hydrogen-bond donors (Lipinski definition) is 0. The highest BCUT2D eigenvalue weighted by Crippen LogP contribution is 2.26. The predicted molar refractivity (Wildman–Crippen MR) is 58.8 cm³/mol. The highest BCUT2D eigenvalue weighted by molar-refractivity contribution is 5.82. The van der Waals surface area contributed by atoms with Crippen LogP contribution < -0.4 is 4.74 Å². The quantitative estimate of drug-likeness (QED) is 0.808. The van der Waals surface area contributed by atoms with E-state index in [9.17, 15) is 13.6 Å². The molecule has 0 radical (unpaired) electrons. The summed E-state index contributed by atoms with van der Waals surface area (Å²) in [4.78, 5) is 11.7. The van der Waals surface area contributed by atoms with Gasteiger partial charge in [-0.2, -0.15) is 4.39 Å². The van der Waals surface area contributed by atoms with Gasteiger partial charge < -0.3 is 4.74 Å². The SMILES string of the molecule is O=C(COc1cccc(F)c1F)C1CCCC1. The van der Waals surface area contributed by atoms with Gasteiger partial charge in [-0.1, -0.05) is 18.9 Å². The van der Waals surface area contributed by atoms with E-state index in [1.54, 1.807) is 0 Å². The van der Waals surface area contributed by atoms with Crippen molar-refractivity contribution in [3.63, 3.8) is 0 Å². The molecule has 1 aromatic carbocycles. The molecule has 0 bridgehead atoms. The van der Waals surface area contributed by atoms with Crippen LogP contribution in [0.25, 0.3) is 0 Å². The number of carbonyl (C=O) groups is 1. The fourth-order valence-electron chi connectivity index (χ4n) is 2.11. The highest BCUT2D eigenvalue weighted by Gasteiger charge is 2.23. The maximum absolute atomic E-state index is 13.2. The Morgan fingerprint density at radius 2 is 2.00 bits per heavy atom. The van der Waals surface area contributed by atoms with Gasteiger partial charge in [-0.3, -0.25) is 4.79 Å². The molecule has 0 N–H and O–H groups in total. The molecule has 1 aromatic rings. The standard InChI is InChI=1S/C13H14F2O2/c14-10-6-3-7-12(13(10)15)17-8-11(16)9-4-1-2-5-9/h3,6-7,9H,1-2,4-5,8H2. The van der Waals surface area contributed by atoms with Gasteiger partial charge >= 0.3 is 0 Å². The normalized spacial score (nSPS) is 16.1. The Kier molecular flexibility index (Phi) is 3.71. The van der Waals surface area contributed by atoms with Crippen LogP contribution in [0.2, 0.25) is 0 Å². The van der Waals surface area contributed by atoms with Crippen molar-refractivity contribution in [2.24, 2.45) is 5.92 Å². The van der Waals surface area contributed by atoms with E-state index in [1.165, 1.54) is 12.1 Å². The van der Waals surface area contributed by atoms with Crippen molar-refractivity contribution in [3.8, 4) is 5.75 Å². The zero-order valence-corrected chi connectivity index (χ0v) is 9.42. The summed E-state index contributed by atoms with van der Waals surface area (Å²) in [5.74, 6) is -2.18. The first kappa shape index (κ1) is 12.0. The molecule has 2 rings (SSSR count). The lowest BCUT2D eigenvalue weighted by atomic mass is 10.0. The smallest absolute Gasteiger partial charge is 0.200 e. The first-order valence-electron chi connectivity index (χ1n) is 5.78. The zero-order valence-electron chi connectivity index (χ0n) is 9.42. The Labute approximate surface area is 98.6 Å². The van der Waals surface area contributed by atoms with Gasteiger partial charge in [0.2, 0.25) is 5.82 Å². The average molecular weight is 240 g/mol. The summed E-state index contributed by atoms with van der Waals surface area (Å²) in [5.41, 5.74) is 0. The topological polar surface area (TPSA) is 26.3 Å². The van der Waals surface area contributed by atoms with Crippen LogP contribution in [0.5, 0.6) is 5.75 Å². The molecular weight excluding hydrogens is 226 g/mol. The van der Waals surface area contributed by atoms with Crippen LogP contribution in [-0.4, -0.2) is 12.4 Å².